The number of allylic oxidation sites excluding steroid dienone is 1. The Morgan fingerprint density at radius 1 is 0.778 bits per heavy atom. The molecule has 0 heterocycles. The molecule has 0 nitrogen and oxygen atoms in total. The smallest absolute Gasteiger partial charge is 0.101 e. The topological polar surface area (TPSA) is 0 Å². The maximum Gasteiger partial charge on any atom is 0.101 e. The Bertz CT molecular complexity index is 755. The SMILES string of the molecule is CCCCCCc1ccc(C#Cc2ccc(C=C(F)CCCC)cc2)cc1. The Balaban J connectivity index is 1.91. The van der Waals surface area contributed by atoms with E-state index in [1.165, 1.54) is 31.2 Å². The van der Waals surface area contributed by atoms with Crippen molar-refractivity contribution >= 4 is 6.08 Å². The van der Waals surface area contributed by atoms with Gasteiger partial charge in [0.1, 0.15) is 5.83 Å². The van der Waals surface area contributed by atoms with Gasteiger partial charge in [-0.2, -0.15) is 0 Å². The minimum atomic E-state index is -0.0505. The fourth-order valence-corrected chi connectivity index (χ4v) is 2.92. The molecule has 0 amide bonds. The molecule has 0 saturated carbocycles. The molecule has 27 heavy (non-hydrogen) atoms. The van der Waals surface area contributed by atoms with Crippen LogP contribution in [0.15, 0.2) is 54.4 Å². The molecule has 0 aliphatic rings. The summed E-state index contributed by atoms with van der Waals surface area (Å²) in [6, 6.07) is 16.3. The highest BCUT2D eigenvalue weighted by Crippen LogP contribution is 2.15. The van der Waals surface area contributed by atoms with Crippen LogP contribution in [0.5, 0.6) is 0 Å². The van der Waals surface area contributed by atoms with E-state index in [4.69, 9.17) is 0 Å². The van der Waals surface area contributed by atoms with Gasteiger partial charge in [-0.15, -0.1) is 0 Å². The second-order valence-electron chi connectivity index (χ2n) is 7.07. The molecule has 0 unspecified atom stereocenters. The highest BCUT2D eigenvalue weighted by molar-refractivity contribution is 5.53. The zero-order valence-electron chi connectivity index (χ0n) is 16.7. The van der Waals surface area contributed by atoms with Gasteiger partial charge in [0.15, 0.2) is 0 Å². The Morgan fingerprint density at radius 2 is 1.37 bits per heavy atom. The monoisotopic (exact) mass is 362 g/mol. The lowest BCUT2D eigenvalue weighted by Crippen LogP contribution is -1.86. The first kappa shape index (κ1) is 21.0. The number of hydrogen-bond donors (Lipinski definition) is 0. The molecule has 0 N–H and O–H groups in total. The van der Waals surface area contributed by atoms with Gasteiger partial charge in [0.05, 0.1) is 0 Å². The molecule has 0 bridgehead atoms. The van der Waals surface area contributed by atoms with Crippen LogP contribution in [-0.2, 0) is 6.42 Å². The fourth-order valence-electron chi connectivity index (χ4n) is 2.92. The number of aryl methyl sites for hydroxylation is 1. The van der Waals surface area contributed by atoms with Crippen molar-refractivity contribution in [3.8, 4) is 11.8 Å². The highest BCUT2D eigenvalue weighted by atomic mass is 19.1. The van der Waals surface area contributed by atoms with Crippen LogP contribution in [-0.4, -0.2) is 0 Å². The molecule has 0 aliphatic carbocycles. The van der Waals surface area contributed by atoms with E-state index in [1.54, 1.807) is 6.08 Å². The molecule has 0 atom stereocenters. The van der Waals surface area contributed by atoms with Crippen molar-refractivity contribution in [3.05, 3.63) is 76.6 Å². The van der Waals surface area contributed by atoms with Crippen LogP contribution in [0, 0.1) is 11.8 Å². The van der Waals surface area contributed by atoms with Gasteiger partial charge in [-0.3, -0.25) is 0 Å². The highest BCUT2D eigenvalue weighted by Gasteiger charge is 1.97. The Hall–Kier alpha value is -2.33. The van der Waals surface area contributed by atoms with Crippen molar-refractivity contribution in [2.45, 2.75) is 65.2 Å². The molecule has 1 heteroatoms. The van der Waals surface area contributed by atoms with Gasteiger partial charge >= 0.3 is 0 Å². The van der Waals surface area contributed by atoms with Crippen LogP contribution in [0.2, 0.25) is 0 Å². The van der Waals surface area contributed by atoms with Gasteiger partial charge in [0.2, 0.25) is 0 Å². The van der Waals surface area contributed by atoms with Crippen molar-refractivity contribution < 1.29 is 4.39 Å². The lowest BCUT2D eigenvalue weighted by Gasteiger charge is -2.01. The summed E-state index contributed by atoms with van der Waals surface area (Å²) in [6.07, 6.45) is 10.4. The second-order valence-corrected chi connectivity index (χ2v) is 7.07. The summed E-state index contributed by atoms with van der Waals surface area (Å²) in [6.45, 7) is 4.31. The van der Waals surface area contributed by atoms with Crippen LogP contribution < -0.4 is 0 Å². The number of hydrogen-bond acceptors (Lipinski definition) is 0. The number of benzene rings is 2. The predicted octanol–water partition coefficient (Wildman–Crippen LogP) is 7.71. The van der Waals surface area contributed by atoms with Crippen molar-refractivity contribution in [1.29, 1.82) is 0 Å². The summed E-state index contributed by atoms with van der Waals surface area (Å²) in [4.78, 5) is 0. The van der Waals surface area contributed by atoms with E-state index in [0.29, 0.717) is 6.42 Å². The first-order valence-electron chi connectivity index (χ1n) is 10.3. The van der Waals surface area contributed by atoms with E-state index in [2.05, 4.69) is 50.0 Å². The van der Waals surface area contributed by atoms with E-state index in [1.807, 2.05) is 24.3 Å². The molecule has 0 aliphatic heterocycles. The van der Waals surface area contributed by atoms with Gasteiger partial charge in [0.25, 0.3) is 0 Å². The van der Waals surface area contributed by atoms with Crippen LogP contribution in [0.1, 0.15) is 81.0 Å². The van der Waals surface area contributed by atoms with Crippen LogP contribution in [0.3, 0.4) is 0 Å². The third kappa shape index (κ3) is 8.27. The maximum absolute atomic E-state index is 13.7. The van der Waals surface area contributed by atoms with E-state index in [9.17, 15) is 4.39 Å². The maximum atomic E-state index is 13.7. The summed E-state index contributed by atoms with van der Waals surface area (Å²) in [5.74, 6) is 6.35. The third-order valence-electron chi connectivity index (χ3n) is 4.63. The van der Waals surface area contributed by atoms with Crippen LogP contribution in [0.25, 0.3) is 6.08 Å². The standard InChI is InChI=1S/C26H31F/c1-3-5-7-8-9-22-11-13-23(14-12-22)15-16-24-17-19-25(20-18-24)21-26(27)10-6-4-2/h11-14,17-21H,3-10H2,1-2H3. The molecular weight excluding hydrogens is 331 g/mol. The Kier molecular flexibility index (Phi) is 9.42. The first-order valence-corrected chi connectivity index (χ1v) is 10.3. The third-order valence-corrected chi connectivity index (χ3v) is 4.63. The lowest BCUT2D eigenvalue weighted by atomic mass is 10.0. The Labute approximate surface area is 164 Å². The molecule has 0 aromatic heterocycles. The molecule has 0 saturated heterocycles. The zero-order valence-corrected chi connectivity index (χ0v) is 16.7. The van der Waals surface area contributed by atoms with Gasteiger partial charge in [-0.1, -0.05) is 75.6 Å². The van der Waals surface area contributed by atoms with Crippen molar-refractivity contribution in [1.82, 2.24) is 0 Å². The quantitative estimate of drug-likeness (QED) is 0.316. The second kappa shape index (κ2) is 12.1. The molecular formula is C26H31F. The van der Waals surface area contributed by atoms with Gasteiger partial charge < -0.3 is 0 Å². The Morgan fingerprint density at radius 3 is 1.96 bits per heavy atom. The van der Waals surface area contributed by atoms with E-state index in [-0.39, 0.29) is 5.83 Å². The number of unbranched alkanes of at least 4 members (excludes halogenated alkanes) is 4. The minimum absolute atomic E-state index is 0.0505. The van der Waals surface area contributed by atoms with Crippen molar-refractivity contribution in [2.24, 2.45) is 0 Å². The molecule has 2 aromatic rings. The molecule has 2 aromatic carbocycles. The average Bonchev–Trinajstić information content (AvgIpc) is 2.70. The summed E-state index contributed by atoms with van der Waals surface area (Å²) in [5.41, 5.74) is 4.26. The van der Waals surface area contributed by atoms with Crippen molar-refractivity contribution in [3.63, 3.8) is 0 Å². The number of halogens is 1. The summed E-state index contributed by atoms with van der Waals surface area (Å²) in [7, 11) is 0. The van der Waals surface area contributed by atoms with E-state index in [0.717, 1.165) is 36.0 Å². The lowest BCUT2D eigenvalue weighted by molar-refractivity contribution is 0.577. The summed E-state index contributed by atoms with van der Waals surface area (Å²) in [5, 5.41) is 0. The van der Waals surface area contributed by atoms with E-state index >= 15 is 0 Å². The zero-order chi connectivity index (χ0) is 19.3. The predicted molar refractivity (Wildman–Crippen MR) is 115 cm³/mol. The summed E-state index contributed by atoms with van der Waals surface area (Å²) >= 11 is 0. The van der Waals surface area contributed by atoms with Gasteiger partial charge in [0, 0.05) is 11.1 Å². The molecule has 2 rings (SSSR count). The molecule has 142 valence electrons. The number of rotatable bonds is 9. The average molecular weight is 363 g/mol. The van der Waals surface area contributed by atoms with Gasteiger partial charge in [-0.05, 0) is 67.2 Å². The normalized spacial score (nSPS) is 11.1. The molecule has 0 fully saturated rings. The van der Waals surface area contributed by atoms with Gasteiger partial charge in [-0.25, -0.2) is 4.39 Å². The first-order chi connectivity index (χ1) is 13.2. The molecule has 0 radical (unpaired) electrons. The van der Waals surface area contributed by atoms with Crippen molar-refractivity contribution in [2.75, 3.05) is 0 Å². The minimum Gasteiger partial charge on any atom is -0.212 e. The molecule has 0 spiro atoms. The fraction of sp³-hybridized carbons (Fsp3) is 0.385. The van der Waals surface area contributed by atoms with Crippen LogP contribution >= 0.6 is 0 Å². The van der Waals surface area contributed by atoms with Crippen LogP contribution in [0.4, 0.5) is 4.39 Å². The largest absolute Gasteiger partial charge is 0.212 e. The van der Waals surface area contributed by atoms with E-state index < -0.39 is 0 Å². The summed E-state index contributed by atoms with van der Waals surface area (Å²) < 4.78 is 13.7.